The molecule has 160 valence electrons. The molecule has 0 bridgehead atoms. The second kappa shape index (κ2) is 8.47. The monoisotopic (exact) mass is 447 g/mol. The molecule has 1 aromatic carbocycles. The molecule has 30 heavy (non-hydrogen) atoms. The van der Waals surface area contributed by atoms with E-state index in [1.165, 1.54) is 28.7 Å². The van der Waals surface area contributed by atoms with Crippen LogP contribution in [0.3, 0.4) is 0 Å². The van der Waals surface area contributed by atoms with E-state index in [-0.39, 0.29) is 28.8 Å². The van der Waals surface area contributed by atoms with Crippen molar-refractivity contribution < 1.29 is 18.0 Å². The first-order valence-corrected chi connectivity index (χ1v) is 12.9. The van der Waals surface area contributed by atoms with Crippen LogP contribution in [0.25, 0.3) is 0 Å². The van der Waals surface area contributed by atoms with E-state index < -0.39 is 15.9 Å². The molecule has 9 heteroatoms. The molecule has 1 saturated carbocycles. The van der Waals surface area contributed by atoms with Crippen molar-refractivity contribution in [2.75, 3.05) is 11.6 Å². The van der Waals surface area contributed by atoms with Crippen LogP contribution in [-0.2, 0) is 21.2 Å². The lowest BCUT2D eigenvalue weighted by Crippen LogP contribution is -2.45. The van der Waals surface area contributed by atoms with Gasteiger partial charge in [0.05, 0.1) is 10.5 Å². The molecule has 7 nitrogen and oxygen atoms in total. The Morgan fingerprint density at radius 1 is 1.30 bits per heavy atom. The van der Waals surface area contributed by atoms with Crippen molar-refractivity contribution in [2.24, 2.45) is 5.92 Å². The summed E-state index contributed by atoms with van der Waals surface area (Å²) in [5, 5.41) is 5.11. The Hall–Kier alpha value is -2.26. The van der Waals surface area contributed by atoms with Crippen LogP contribution in [0.4, 0.5) is 5.13 Å². The zero-order valence-corrected chi connectivity index (χ0v) is 18.5. The molecule has 0 unspecified atom stereocenters. The van der Waals surface area contributed by atoms with Crippen molar-refractivity contribution in [2.45, 2.75) is 56.0 Å². The highest BCUT2D eigenvalue weighted by Gasteiger charge is 2.40. The van der Waals surface area contributed by atoms with Crippen LogP contribution < -0.4 is 5.32 Å². The van der Waals surface area contributed by atoms with Crippen LogP contribution in [0.2, 0.25) is 0 Å². The molecule has 1 aromatic heterocycles. The number of anilines is 1. The van der Waals surface area contributed by atoms with Crippen molar-refractivity contribution >= 4 is 38.1 Å². The van der Waals surface area contributed by atoms with Crippen molar-refractivity contribution in [1.29, 1.82) is 0 Å². The lowest BCUT2D eigenvalue weighted by atomic mass is 9.84. The first-order chi connectivity index (χ1) is 14.3. The van der Waals surface area contributed by atoms with Gasteiger partial charge in [-0.2, -0.15) is 0 Å². The minimum atomic E-state index is -3.55. The van der Waals surface area contributed by atoms with Crippen LogP contribution in [0.15, 0.2) is 34.7 Å². The average Bonchev–Trinajstić information content (AvgIpc) is 3.34. The summed E-state index contributed by atoms with van der Waals surface area (Å²) in [7, 11) is -3.55. The summed E-state index contributed by atoms with van der Waals surface area (Å²) in [4.78, 5) is 32.2. The summed E-state index contributed by atoms with van der Waals surface area (Å²) in [5.41, 5.74) is 0.856. The van der Waals surface area contributed by atoms with Gasteiger partial charge in [0.25, 0.3) is 5.91 Å². The number of amides is 2. The highest BCUT2D eigenvalue weighted by molar-refractivity contribution is 7.90. The number of carbonyl (C=O) groups excluding carboxylic acids is 2. The van der Waals surface area contributed by atoms with Crippen LogP contribution >= 0.6 is 11.3 Å². The number of hydrogen-bond donors (Lipinski definition) is 1. The van der Waals surface area contributed by atoms with Crippen molar-refractivity contribution in [3.05, 3.63) is 40.9 Å². The standard InChI is InChI=1S/C21H25N3O4S2/c1-30(27,28)17-9-5-8-15-13-24(20(26)18(15)17)16(12-14-6-3-2-4-7-14)19(25)23-21-22-10-11-29-21/h5,8-11,14,16H,2-4,6-7,12-13H2,1H3,(H,22,23,25)/t16-/m0/s1. The number of sulfone groups is 1. The smallest absolute Gasteiger partial charge is 0.256 e. The number of benzene rings is 1. The first kappa shape index (κ1) is 21.0. The molecular weight excluding hydrogens is 422 g/mol. The fourth-order valence-electron chi connectivity index (χ4n) is 4.50. The largest absolute Gasteiger partial charge is 0.322 e. The molecule has 0 spiro atoms. The molecule has 1 aliphatic heterocycles. The van der Waals surface area contributed by atoms with Crippen LogP contribution in [0, 0.1) is 5.92 Å². The summed E-state index contributed by atoms with van der Waals surface area (Å²) in [6.45, 7) is 0.236. The summed E-state index contributed by atoms with van der Waals surface area (Å²) in [6, 6.07) is 4.21. The molecular formula is C21H25N3O4S2. The Morgan fingerprint density at radius 3 is 2.73 bits per heavy atom. The summed E-state index contributed by atoms with van der Waals surface area (Å²) < 4.78 is 24.4. The Labute approximate surface area is 180 Å². The van der Waals surface area contributed by atoms with E-state index in [1.807, 2.05) is 0 Å². The third-order valence-electron chi connectivity index (χ3n) is 5.95. The number of thiazole rings is 1. The average molecular weight is 448 g/mol. The Morgan fingerprint density at radius 2 is 2.07 bits per heavy atom. The number of rotatable bonds is 6. The fraction of sp³-hybridized carbons (Fsp3) is 0.476. The molecule has 4 rings (SSSR count). The van der Waals surface area contributed by atoms with E-state index in [1.54, 1.807) is 23.7 Å². The molecule has 2 amide bonds. The summed E-state index contributed by atoms with van der Waals surface area (Å²) >= 11 is 1.33. The Balaban J connectivity index is 1.64. The maximum atomic E-state index is 13.3. The van der Waals surface area contributed by atoms with Crippen molar-refractivity contribution in [1.82, 2.24) is 9.88 Å². The number of nitrogens with one attached hydrogen (secondary N) is 1. The SMILES string of the molecule is CS(=O)(=O)c1cccc2c1C(=O)N([C@@H](CC1CCCCC1)C(=O)Nc1nccs1)C2. The van der Waals surface area contributed by atoms with Gasteiger partial charge < -0.3 is 10.2 Å². The Bertz CT molecular complexity index is 1040. The molecule has 0 saturated heterocycles. The third kappa shape index (κ3) is 4.27. The van der Waals surface area contributed by atoms with Crippen LogP contribution in [0.5, 0.6) is 0 Å². The number of carbonyl (C=O) groups is 2. The minimum Gasteiger partial charge on any atom is -0.322 e. The van der Waals surface area contributed by atoms with E-state index in [0.717, 1.165) is 31.9 Å². The third-order valence-corrected chi connectivity index (χ3v) is 7.78. The highest BCUT2D eigenvalue weighted by Crippen LogP contribution is 2.34. The summed E-state index contributed by atoms with van der Waals surface area (Å²) in [5.74, 6) is -0.282. The topological polar surface area (TPSA) is 96.4 Å². The van der Waals surface area contributed by atoms with Crippen LogP contribution in [-0.4, -0.2) is 42.4 Å². The minimum absolute atomic E-state index is 0.0317. The molecule has 2 aromatic rings. The predicted octanol–water partition coefficient (Wildman–Crippen LogP) is 3.48. The van der Waals surface area contributed by atoms with E-state index in [0.29, 0.717) is 23.0 Å². The molecule has 2 aliphatic rings. The van der Waals surface area contributed by atoms with Gasteiger partial charge in [0.1, 0.15) is 6.04 Å². The van der Waals surface area contributed by atoms with Crippen molar-refractivity contribution in [3.8, 4) is 0 Å². The van der Waals surface area contributed by atoms with E-state index in [2.05, 4.69) is 10.3 Å². The molecule has 1 atom stereocenters. The second-order valence-corrected chi connectivity index (χ2v) is 11.0. The summed E-state index contributed by atoms with van der Waals surface area (Å²) in [6.07, 6.45) is 8.87. The maximum Gasteiger partial charge on any atom is 0.256 e. The lowest BCUT2D eigenvalue weighted by molar-refractivity contribution is -0.121. The fourth-order valence-corrected chi connectivity index (χ4v) is 5.95. The predicted molar refractivity (Wildman–Crippen MR) is 115 cm³/mol. The second-order valence-electron chi connectivity index (χ2n) is 8.08. The quantitative estimate of drug-likeness (QED) is 0.731. The maximum absolute atomic E-state index is 13.3. The number of fused-ring (bicyclic) bond motifs is 1. The normalized spacial score (nSPS) is 18.3. The number of aromatic nitrogens is 1. The zero-order valence-electron chi connectivity index (χ0n) is 16.8. The lowest BCUT2D eigenvalue weighted by Gasteiger charge is -2.31. The molecule has 1 fully saturated rings. The molecule has 0 radical (unpaired) electrons. The van der Waals surface area contributed by atoms with Gasteiger partial charge in [-0.3, -0.25) is 9.59 Å². The van der Waals surface area contributed by atoms with Crippen LogP contribution in [0.1, 0.15) is 54.4 Å². The van der Waals surface area contributed by atoms with Gasteiger partial charge in [0, 0.05) is 24.4 Å². The zero-order chi connectivity index (χ0) is 21.3. The van der Waals surface area contributed by atoms with E-state index in [9.17, 15) is 18.0 Å². The van der Waals surface area contributed by atoms with Gasteiger partial charge in [0.15, 0.2) is 15.0 Å². The Kier molecular flexibility index (Phi) is 5.92. The van der Waals surface area contributed by atoms with Crippen molar-refractivity contribution in [3.63, 3.8) is 0 Å². The van der Waals surface area contributed by atoms with Gasteiger partial charge in [0.2, 0.25) is 5.91 Å². The van der Waals surface area contributed by atoms with Gasteiger partial charge in [-0.25, -0.2) is 13.4 Å². The van der Waals surface area contributed by atoms with Gasteiger partial charge in [-0.1, -0.05) is 44.2 Å². The van der Waals surface area contributed by atoms with E-state index >= 15 is 0 Å². The van der Waals surface area contributed by atoms with E-state index in [4.69, 9.17) is 0 Å². The highest BCUT2D eigenvalue weighted by atomic mass is 32.2. The number of nitrogens with zero attached hydrogens (tertiary/aromatic N) is 2. The van der Waals surface area contributed by atoms with Gasteiger partial charge in [-0.05, 0) is 24.0 Å². The molecule has 2 heterocycles. The number of hydrogen-bond acceptors (Lipinski definition) is 6. The van der Waals surface area contributed by atoms with Gasteiger partial charge >= 0.3 is 0 Å². The molecule has 1 aliphatic carbocycles. The first-order valence-electron chi connectivity index (χ1n) is 10.2. The van der Waals surface area contributed by atoms with Gasteiger partial charge in [-0.15, -0.1) is 11.3 Å². The molecule has 1 N–H and O–H groups in total.